The third-order valence-electron chi connectivity index (χ3n) is 2.86. The first kappa shape index (κ1) is 17.5. The van der Waals surface area contributed by atoms with Gasteiger partial charge in [-0.05, 0) is 26.8 Å². The summed E-state index contributed by atoms with van der Waals surface area (Å²) >= 11 is -1.06. The van der Waals surface area contributed by atoms with Gasteiger partial charge in [-0.1, -0.05) is 43.2 Å². The largest absolute Gasteiger partial charge is 0.380 e. The third-order valence-corrected chi connectivity index (χ3v) is 7.27. The maximum absolute atomic E-state index is 12.8. The van der Waals surface area contributed by atoms with Crippen molar-refractivity contribution in [1.82, 2.24) is 4.98 Å². The monoisotopic (exact) mass is 450 g/mol. The fourth-order valence-electron chi connectivity index (χ4n) is 2.07. The topological polar surface area (TPSA) is 12.9 Å². The predicted octanol–water partition coefficient (Wildman–Crippen LogP) is 2.79. The molecule has 1 aromatic heterocycles. The smallest absolute Gasteiger partial charge is 0.188 e. The van der Waals surface area contributed by atoms with Crippen LogP contribution in [0.5, 0.6) is 0 Å². The van der Waals surface area contributed by atoms with Gasteiger partial charge >= 0.3 is 31.4 Å². The van der Waals surface area contributed by atoms with Crippen molar-refractivity contribution in [2.45, 2.75) is 25.8 Å². The summed E-state index contributed by atoms with van der Waals surface area (Å²) < 4.78 is 65.1. The maximum atomic E-state index is 12.8. The van der Waals surface area contributed by atoms with Gasteiger partial charge in [-0.15, -0.1) is 0 Å². The van der Waals surface area contributed by atoms with Crippen molar-refractivity contribution >= 4 is 10.2 Å². The SMILES string of the molecule is Cc1cc(C)c([I+]c2cccc(S(F)(F)(F)(F)F)n2)c(C)c1. The molecule has 0 unspecified atom stereocenters. The van der Waals surface area contributed by atoms with Gasteiger partial charge in [-0.3, -0.25) is 0 Å². The second-order valence-electron chi connectivity index (χ2n) is 5.07. The number of aryl methyl sites for hydroxylation is 3. The molecular formula is C14H14F5INS+. The van der Waals surface area contributed by atoms with Crippen LogP contribution in [0.2, 0.25) is 0 Å². The molecule has 0 aliphatic carbocycles. The molecule has 0 aliphatic heterocycles. The minimum atomic E-state index is -9.72. The van der Waals surface area contributed by atoms with E-state index in [1.54, 1.807) is 0 Å². The van der Waals surface area contributed by atoms with Gasteiger partial charge < -0.3 is 0 Å². The molecule has 0 radical (unpaired) electrons. The molecule has 0 spiro atoms. The average molecular weight is 450 g/mol. The van der Waals surface area contributed by atoms with Gasteiger partial charge in [-0.25, -0.2) is 0 Å². The van der Waals surface area contributed by atoms with E-state index in [-0.39, 0.29) is 3.70 Å². The van der Waals surface area contributed by atoms with E-state index in [9.17, 15) is 19.4 Å². The first-order valence-corrected chi connectivity index (χ1v) is 10.3. The van der Waals surface area contributed by atoms with E-state index in [4.69, 9.17) is 0 Å². The first-order chi connectivity index (χ1) is 9.76. The lowest BCUT2D eigenvalue weighted by Crippen LogP contribution is -3.62. The fraction of sp³-hybridized carbons (Fsp3) is 0.214. The van der Waals surface area contributed by atoms with Crippen molar-refractivity contribution in [3.8, 4) is 0 Å². The van der Waals surface area contributed by atoms with Crippen LogP contribution in [0.3, 0.4) is 0 Å². The molecule has 1 aromatic carbocycles. The zero-order valence-electron chi connectivity index (χ0n) is 12.0. The van der Waals surface area contributed by atoms with Crippen LogP contribution in [0.25, 0.3) is 0 Å². The van der Waals surface area contributed by atoms with Crippen LogP contribution >= 0.6 is 10.2 Å². The Balaban J connectivity index is 2.46. The van der Waals surface area contributed by atoms with Crippen LogP contribution in [0, 0.1) is 28.0 Å². The zero-order valence-corrected chi connectivity index (χ0v) is 15.0. The van der Waals surface area contributed by atoms with Gasteiger partial charge in [0, 0.05) is 17.2 Å². The Bertz CT molecular complexity index is 720. The van der Waals surface area contributed by atoms with E-state index in [2.05, 4.69) is 4.98 Å². The quantitative estimate of drug-likeness (QED) is 0.399. The Hall–Kier alpha value is -0.900. The molecule has 0 N–H and O–H groups in total. The van der Waals surface area contributed by atoms with E-state index in [0.717, 1.165) is 26.3 Å². The number of pyridine rings is 1. The molecule has 0 fully saturated rings. The lowest BCUT2D eigenvalue weighted by Gasteiger charge is -2.38. The highest BCUT2D eigenvalue weighted by atomic mass is 127. The lowest BCUT2D eigenvalue weighted by molar-refractivity contribution is -0.605. The van der Waals surface area contributed by atoms with Crippen LogP contribution < -0.4 is 21.2 Å². The van der Waals surface area contributed by atoms with Crippen molar-refractivity contribution in [3.63, 3.8) is 0 Å². The molecule has 1 nitrogen and oxygen atoms in total. The van der Waals surface area contributed by atoms with Crippen molar-refractivity contribution < 1.29 is 40.6 Å². The van der Waals surface area contributed by atoms with Gasteiger partial charge in [0.25, 0.3) is 3.70 Å². The van der Waals surface area contributed by atoms with Gasteiger partial charge in [-0.2, -0.15) is 4.98 Å². The van der Waals surface area contributed by atoms with Gasteiger partial charge in [0.1, 0.15) is 0 Å². The van der Waals surface area contributed by atoms with E-state index in [0.29, 0.717) is 6.07 Å². The summed E-state index contributed by atoms with van der Waals surface area (Å²) in [4.78, 5) is 3.21. The Kier molecular flexibility index (Phi) is 3.81. The second-order valence-corrected chi connectivity index (χ2v) is 10.2. The number of nitrogens with zero attached hydrogens (tertiary/aromatic N) is 1. The summed E-state index contributed by atoms with van der Waals surface area (Å²) in [7, 11) is -9.72. The number of halogens is 6. The van der Waals surface area contributed by atoms with Crippen LogP contribution in [0.1, 0.15) is 16.7 Å². The molecule has 0 aliphatic rings. The summed E-state index contributed by atoms with van der Waals surface area (Å²) in [5.74, 6) is 0. The Morgan fingerprint density at radius 1 is 0.909 bits per heavy atom. The van der Waals surface area contributed by atoms with E-state index in [1.807, 2.05) is 32.9 Å². The Labute approximate surface area is 135 Å². The predicted molar refractivity (Wildman–Crippen MR) is 73.7 cm³/mol. The minimum Gasteiger partial charge on any atom is -0.188 e. The number of hydrogen-bond acceptors (Lipinski definition) is 1. The zero-order chi connectivity index (χ0) is 16.8. The summed E-state index contributed by atoms with van der Waals surface area (Å²) in [6.45, 7) is 5.65. The molecule has 2 aromatic rings. The molecule has 2 rings (SSSR count). The molecular weight excluding hydrogens is 436 g/mol. The van der Waals surface area contributed by atoms with Crippen molar-refractivity contribution in [3.05, 3.63) is 54.3 Å². The minimum absolute atomic E-state index is 0.0830. The van der Waals surface area contributed by atoms with Gasteiger partial charge in [0.2, 0.25) is 3.57 Å². The molecule has 0 bridgehead atoms. The number of rotatable bonds is 3. The van der Waals surface area contributed by atoms with Crippen LogP contribution in [0.4, 0.5) is 19.4 Å². The van der Waals surface area contributed by atoms with E-state index in [1.165, 1.54) is 6.07 Å². The standard InChI is InChI=1S/C14H14F5INS/c1-9-7-10(2)14(11(3)8-9)20-12-5-4-6-13(21-12)22(15,16,17,18)19/h4-8H,1-3H3/q+1. The number of hydrogen-bond donors (Lipinski definition) is 0. The molecule has 8 heteroatoms. The second kappa shape index (κ2) is 4.80. The molecule has 22 heavy (non-hydrogen) atoms. The average Bonchev–Trinajstić information content (AvgIpc) is 2.31. The third kappa shape index (κ3) is 4.09. The summed E-state index contributed by atoms with van der Waals surface area (Å²) in [6, 6.07) is 6.56. The van der Waals surface area contributed by atoms with Gasteiger partial charge in [0.15, 0.2) is 5.03 Å². The summed E-state index contributed by atoms with van der Waals surface area (Å²) in [6.07, 6.45) is 0. The molecule has 0 saturated heterocycles. The molecule has 0 atom stereocenters. The summed E-state index contributed by atoms with van der Waals surface area (Å²) in [5, 5.41) is -2.06. The van der Waals surface area contributed by atoms with Crippen LogP contribution in [-0.2, 0) is 0 Å². The molecule has 1 heterocycles. The van der Waals surface area contributed by atoms with E-state index < -0.39 is 36.5 Å². The van der Waals surface area contributed by atoms with Crippen molar-refractivity contribution in [2.24, 2.45) is 0 Å². The Morgan fingerprint density at radius 3 is 1.95 bits per heavy atom. The first-order valence-electron chi connectivity index (χ1n) is 6.20. The number of aromatic nitrogens is 1. The van der Waals surface area contributed by atoms with Gasteiger partial charge in [0.05, 0.1) is 0 Å². The summed E-state index contributed by atoms with van der Waals surface area (Å²) in [5.41, 5.74) is 2.95. The normalized spacial score (nSPS) is 15.3. The van der Waals surface area contributed by atoms with Crippen LogP contribution in [0.15, 0.2) is 35.4 Å². The highest BCUT2D eigenvalue weighted by Crippen LogP contribution is 3.01. The van der Waals surface area contributed by atoms with Crippen molar-refractivity contribution in [2.75, 3.05) is 0 Å². The lowest BCUT2D eigenvalue weighted by atomic mass is 10.1. The molecule has 0 amide bonds. The van der Waals surface area contributed by atoms with Crippen molar-refractivity contribution in [1.29, 1.82) is 0 Å². The number of benzene rings is 1. The fourth-order valence-corrected chi connectivity index (χ4v) is 5.32. The van der Waals surface area contributed by atoms with E-state index >= 15 is 0 Å². The molecule has 0 saturated carbocycles. The van der Waals surface area contributed by atoms with Crippen LogP contribution in [-0.4, -0.2) is 4.98 Å². The highest BCUT2D eigenvalue weighted by molar-refractivity contribution is 8.45. The maximum Gasteiger partial charge on any atom is 0.380 e. The Morgan fingerprint density at radius 2 is 1.45 bits per heavy atom. The highest BCUT2D eigenvalue weighted by Gasteiger charge is 2.67. The molecule has 122 valence electrons.